The molecule has 1 saturated heterocycles. The second kappa shape index (κ2) is 8.71. The number of halogens is 1. The number of hydrogen-bond donors (Lipinski definition) is 1. The van der Waals surface area contributed by atoms with Gasteiger partial charge in [-0.2, -0.15) is 0 Å². The van der Waals surface area contributed by atoms with Crippen LogP contribution in [0.25, 0.3) is 5.76 Å². The first-order chi connectivity index (χ1) is 14.9. The van der Waals surface area contributed by atoms with Crippen LogP contribution in [-0.4, -0.2) is 39.8 Å². The second-order valence-electron chi connectivity index (χ2n) is 8.08. The van der Waals surface area contributed by atoms with Gasteiger partial charge in [0.25, 0.3) is 11.7 Å². The first-order valence-corrected chi connectivity index (χ1v) is 10.9. The highest BCUT2D eigenvalue weighted by atomic mass is 35.5. The van der Waals surface area contributed by atoms with Gasteiger partial charge in [-0.15, -0.1) is 0 Å². The molecular formula is C24H25ClN2O4. The molecule has 1 saturated carbocycles. The Labute approximate surface area is 186 Å². The van der Waals surface area contributed by atoms with Crippen molar-refractivity contribution in [3.8, 4) is 5.75 Å². The highest BCUT2D eigenvalue weighted by Gasteiger charge is 2.49. The van der Waals surface area contributed by atoms with Crippen molar-refractivity contribution in [2.75, 3.05) is 7.11 Å². The zero-order valence-electron chi connectivity index (χ0n) is 17.6. The number of likely N-dealkylation sites (tertiary alicyclic amines) is 1. The summed E-state index contributed by atoms with van der Waals surface area (Å²) < 4.78 is 5.41. The van der Waals surface area contributed by atoms with E-state index in [-0.39, 0.29) is 28.7 Å². The van der Waals surface area contributed by atoms with Gasteiger partial charge in [-0.3, -0.25) is 14.6 Å². The van der Waals surface area contributed by atoms with Gasteiger partial charge >= 0.3 is 0 Å². The predicted octanol–water partition coefficient (Wildman–Crippen LogP) is 4.81. The number of aliphatic hydroxyl groups excluding tert-OH is 1. The van der Waals surface area contributed by atoms with E-state index in [1.807, 2.05) is 13.0 Å². The summed E-state index contributed by atoms with van der Waals surface area (Å²) in [6, 6.07) is 7.96. The Hall–Kier alpha value is -2.86. The number of carbonyl (C=O) groups excluding carboxylic acids is 2. The lowest BCUT2D eigenvalue weighted by molar-refractivity contribution is -0.141. The molecule has 1 aliphatic carbocycles. The number of ether oxygens (including phenoxy) is 1. The SMILES string of the molecule is COc1c(Cl)cc(C)cc1/C(O)=C1\C(=O)C(=O)N(C2CCCCC2)C1c1ccccn1. The molecule has 2 aromatic rings. The van der Waals surface area contributed by atoms with Crippen molar-refractivity contribution < 1.29 is 19.4 Å². The van der Waals surface area contributed by atoms with E-state index in [1.165, 1.54) is 7.11 Å². The third-order valence-corrected chi connectivity index (χ3v) is 6.34. The van der Waals surface area contributed by atoms with Crippen molar-refractivity contribution in [1.29, 1.82) is 0 Å². The van der Waals surface area contributed by atoms with E-state index in [2.05, 4.69) is 4.98 Å². The van der Waals surface area contributed by atoms with Gasteiger partial charge in [0.1, 0.15) is 17.6 Å². The molecule has 2 heterocycles. The Kier molecular flexibility index (Phi) is 6.01. The van der Waals surface area contributed by atoms with E-state index in [9.17, 15) is 14.7 Å². The summed E-state index contributed by atoms with van der Waals surface area (Å²) in [6.45, 7) is 1.83. The van der Waals surface area contributed by atoms with E-state index < -0.39 is 17.7 Å². The molecule has 1 aromatic heterocycles. The molecule has 7 heteroatoms. The van der Waals surface area contributed by atoms with Crippen LogP contribution in [0, 0.1) is 6.92 Å². The number of aliphatic hydroxyl groups is 1. The monoisotopic (exact) mass is 440 g/mol. The van der Waals surface area contributed by atoms with Crippen molar-refractivity contribution >= 4 is 29.1 Å². The third-order valence-electron chi connectivity index (χ3n) is 6.06. The number of aryl methyl sites for hydroxylation is 1. The van der Waals surface area contributed by atoms with Crippen LogP contribution in [0.5, 0.6) is 5.75 Å². The number of benzene rings is 1. The van der Waals surface area contributed by atoms with Crippen molar-refractivity contribution in [1.82, 2.24) is 9.88 Å². The van der Waals surface area contributed by atoms with E-state index in [1.54, 1.807) is 35.4 Å². The molecule has 6 nitrogen and oxygen atoms in total. The zero-order valence-corrected chi connectivity index (χ0v) is 18.4. The van der Waals surface area contributed by atoms with Crippen LogP contribution in [0.3, 0.4) is 0 Å². The van der Waals surface area contributed by atoms with Gasteiger partial charge in [-0.25, -0.2) is 0 Å². The van der Waals surface area contributed by atoms with Gasteiger partial charge < -0.3 is 14.7 Å². The second-order valence-corrected chi connectivity index (χ2v) is 8.49. The molecule has 1 atom stereocenters. The van der Waals surface area contributed by atoms with Crippen molar-refractivity contribution in [3.63, 3.8) is 0 Å². The minimum absolute atomic E-state index is 0.0224. The molecule has 1 aromatic carbocycles. The molecule has 2 fully saturated rings. The number of nitrogens with zero attached hydrogens (tertiary/aromatic N) is 2. The van der Waals surface area contributed by atoms with Gasteiger partial charge in [0, 0.05) is 12.2 Å². The fourth-order valence-corrected chi connectivity index (χ4v) is 5.02. The summed E-state index contributed by atoms with van der Waals surface area (Å²) in [5.74, 6) is -1.34. The van der Waals surface area contributed by atoms with Crippen molar-refractivity contribution in [2.24, 2.45) is 0 Å². The van der Waals surface area contributed by atoms with Gasteiger partial charge in [0.05, 0.1) is 29.0 Å². The lowest BCUT2D eigenvalue weighted by Gasteiger charge is -2.35. The number of pyridine rings is 1. The molecule has 0 bridgehead atoms. The van der Waals surface area contributed by atoms with Gasteiger partial charge in [0.15, 0.2) is 0 Å². The summed E-state index contributed by atoms with van der Waals surface area (Å²) in [4.78, 5) is 32.4. The maximum absolute atomic E-state index is 13.2. The Morgan fingerprint density at radius 2 is 1.94 bits per heavy atom. The van der Waals surface area contributed by atoms with Crippen LogP contribution in [0.1, 0.15) is 55.0 Å². The maximum atomic E-state index is 13.2. The van der Waals surface area contributed by atoms with E-state index >= 15 is 0 Å². The van der Waals surface area contributed by atoms with E-state index in [0.29, 0.717) is 10.7 Å². The largest absolute Gasteiger partial charge is 0.507 e. The minimum atomic E-state index is -0.756. The topological polar surface area (TPSA) is 79.7 Å². The van der Waals surface area contributed by atoms with Gasteiger partial charge in [-0.05, 0) is 49.6 Å². The van der Waals surface area contributed by atoms with Crippen LogP contribution in [0.15, 0.2) is 42.1 Å². The average molecular weight is 441 g/mol. The third kappa shape index (κ3) is 3.81. The molecule has 0 spiro atoms. The number of Topliss-reactive ketones (excluding diaryl/α,β-unsaturated/α-hetero) is 1. The van der Waals surface area contributed by atoms with Crippen LogP contribution in [0.2, 0.25) is 5.02 Å². The predicted molar refractivity (Wildman–Crippen MR) is 118 cm³/mol. The molecule has 1 amide bonds. The zero-order chi connectivity index (χ0) is 22.1. The van der Waals surface area contributed by atoms with Gasteiger partial charge in [-0.1, -0.05) is 36.9 Å². The number of methoxy groups -OCH3 is 1. The average Bonchev–Trinajstić information content (AvgIpc) is 3.04. The molecule has 31 heavy (non-hydrogen) atoms. The maximum Gasteiger partial charge on any atom is 0.295 e. The fraction of sp³-hybridized carbons (Fsp3) is 0.375. The molecule has 1 unspecified atom stereocenters. The molecule has 1 N–H and O–H groups in total. The number of carbonyl (C=O) groups is 2. The minimum Gasteiger partial charge on any atom is -0.507 e. The van der Waals surface area contributed by atoms with Crippen LogP contribution < -0.4 is 4.74 Å². The first-order valence-electron chi connectivity index (χ1n) is 10.5. The normalized spacial score (nSPS) is 21.5. The van der Waals surface area contributed by atoms with Crippen LogP contribution in [0.4, 0.5) is 0 Å². The quantitative estimate of drug-likeness (QED) is 0.419. The molecular weight excluding hydrogens is 416 g/mol. The molecule has 4 rings (SSSR count). The molecule has 162 valence electrons. The Bertz CT molecular complexity index is 1050. The summed E-state index contributed by atoms with van der Waals surface area (Å²) in [5.41, 5.74) is 1.65. The first kappa shape index (κ1) is 21.4. The van der Waals surface area contributed by atoms with E-state index in [4.69, 9.17) is 16.3 Å². The lowest BCUT2D eigenvalue weighted by atomic mass is 9.92. The fourth-order valence-electron chi connectivity index (χ4n) is 4.67. The Balaban J connectivity index is 1.93. The molecule has 1 aliphatic heterocycles. The molecule has 0 radical (unpaired) electrons. The molecule has 2 aliphatic rings. The van der Waals surface area contributed by atoms with Gasteiger partial charge in [0.2, 0.25) is 0 Å². The lowest BCUT2D eigenvalue weighted by Crippen LogP contribution is -2.40. The number of aromatic nitrogens is 1. The summed E-state index contributed by atoms with van der Waals surface area (Å²) in [5, 5.41) is 11.7. The van der Waals surface area contributed by atoms with Crippen LogP contribution in [-0.2, 0) is 9.59 Å². The number of amides is 1. The van der Waals surface area contributed by atoms with Crippen LogP contribution >= 0.6 is 11.6 Å². The standard InChI is InChI=1S/C24H25ClN2O4/c1-14-12-16(23(31-2)17(25)13-14)21(28)19-20(18-10-6-7-11-26-18)27(24(30)22(19)29)15-8-4-3-5-9-15/h6-7,10-13,15,20,28H,3-5,8-9H2,1-2H3/b21-19+. The summed E-state index contributed by atoms with van der Waals surface area (Å²) in [6.07, 6.45) is 6.41. The Morgan fingerprint density at radius 3 is 2.58 bits per heavy atom. The van der Waals surface area contributed by atoms with Crippen molar-refractivity contribution in [3.05, 3.63) is 63.9 Å². The highest BCUT2D eigenvalue weighted by Crippen LogP contribution is 2.44. The Morgan fingerprint density at radius 1 is 1.19 bits per heavy atom. The van der Waals surface area contributed by atoms with E-state index in [0.717, 1.165) is 37.7 Å². The number of rotatable bonds is 4. The summed E-state index contributed by atoms with van der Waals surface area (Å²) >= 11 is 6.32. The highest BCUT2D eigenvalue weighted by molar-refractivity contribution is 6.46. The van der Waals surface area contributed by atoms with Crippen molar-refractivity contribution in [2.45, 2.75) is 51.1 Å². The number of hydrogen-bond acceptors (Lipinski definition) is 5. The smallest absolute Gasteiger partial charge is 0.295 e. The number of ketones is 1. The summed E-state index contributed by atoms with van der Waals surface area (Å²) in [7, 11) is 1.45.